The Kier molecular flexibility index (Phi) is 6.11. The van der Waals surface area contributed by atoms with Crippen LogP contribution in [0.4, 0.5) is 5.69 Å². The van der Waals surface area contributed by atoms with Gasteiger partial charge in [-0.3, -0.25) is 14.3 Å². The van der Waals surface area contributed by atoms with E-state index in [1.807, 2.05) is 72.2 Å². The van der Waals surface area contributed by atoms with E-state index < -0.39 is 0 Å². The molecule has 6 nitrogen and oxygen atoms in total. The predicted octanol–water partition coefficient (Wildman–Crippen LogP) is 5.02. The highest BCUT2D eigenvalue weighted by atomic mass is 35.5. The Morgan fingerprint density at radius 2 is 1.80 bits per heavy atom. The van der Waals surface area contributed by atoms with Crippen molar-refractivity contribution in [1.82, 2.24) is 19.7 Å². The lowest BCUT2D eigenvalue weighted by Gasteiger charge is -2.14. The number of anilines is 1. The fourth-order valence-electron chi connectivity index (χ4n) is 2.96. The van der Waals surface area contributed by atoms with E-state index in [4.69, 9.17) is 11.6 Å². The van der Waals surface area contributed by atoms with Crippen molar-refractivity contribution in [3.05, 3.63) is 83.6 Å². The minimum Gasteiger partial charge on any atom is -0.325 e. The number of nitrogens with one attached hydrogen (secondary N) is 1. The Morgan fingerprint density at radius 3 is 2.57 bits per heavy atom. The number of amides is 1. The predicted molar refractivity (Wildman–Crippen MR) is 120 cm³/mol. The smallest absolute Gasteiger partial charge is 0.234 e. The third-order valence-corrected chi connectivity index (χ3v) is 5.78. The normalized spacial score (nSPS) is 10.7. The summed E-state index contributed by atoms with van der Waals surface area (Å²) in [6.07, 6.45) is 3.42. The number of carbonyl (C=O) groups is 1. The van der Waals surface area contributed by atoms with Gasteiger partial charge in [0.15, 0.2) is 11.0 Å². The molecule has 4 rings (SSSR count). The number of rotatable bonds is 6. The molecule has 0 bridgehead atoms. The highest BCUT2D eigenvalue weighted by Gasteiger charge is 2.19. The molecular weight excluding hydrogens is 418 g/mol. The second-order valence-electron chi connectivity index (χ2n) is 6.46. The number of benzene rings is 2. The van der Waals surface area contributed by atoms with Crippen LogP contribution in [0.1, 0.15) is 5.56 Å². The summed E-state index contributed by atoms with van der Waals surface area (Å²) >= 11 is 7.68. The van der Waals surface area contributed by atoms with Crippen molar-refractivity contribution in [2.24, 2.45) is 0 Å². The van der Waals surface area contributed by atoms with Gasteiger partial charge in [0.25, 0.3) is 0 Å². The van der Waals surface area contributed by atoms with Crippen molar-refractivity contribution < 1.29 is 4.79 Å². The van der Waals surface area contributed by atoms with Gasteiger partial charge >= 0.3 is 0 Å². The Bertz CT molecular complexity index is 1160. The first-order valence-electron chi connectivity index (χ1n) is 9.22. The molecule has 2 aromatic carbocycles. The maximum atomic E-state index is 12.4. The molecule has 4 aromatic rings. The molecule has 0 unspecified atom stereocenters. The summed E-state index contributed by atoms with van der Waals surface area (Å²) in [5.41, 5.74) is 3.40. The summed E-state index contributed by atoms with van der Waals surface area (Å²) in [6, 6.07) is 18.8. The number of carbonyl (C=O) groups excluding carboxylic acids is 1. The van der Waals surface area contributed by atoms with Gasteiger partial charge in [0.2, 0.25) is 5.91 Å². The van der Waals surface area contributed by atoms with E-state index >= 15 is 0 Å². The molecule has 0 radical (unpaired) electrons. The second-order valence-corrected chi connectivity index (χ2v) is 7.81. The standard InChI is InChI=1S/C22H18ClN5OS/c1-15-18(23)8-5-9-19(15)28-21(16-10-12-24-13-11-16)26-27-22(28)30-14-20(29)25-17-6-3-2-4-7-17/h2-13H,14H2,1H3,(H,25,29). The van der Waals surface area contributed by atoms with Gasteiger partial charge in [-0.05, 0) is 48.9 Å². The quantitative estimate of drug-likeness (QED) is 0.430. The van der Waals surface area contributed by atoms with Crippen molar-refractivity contribution >= 4 is 35.0 Å². The average Bonchev–Trinajstić information content (AvgIpc) is 3.19. The van der Waals surface area contributed by atoms with Crippen molar-refractivity contribution in [2.45, 2.75) is 12.1 Å². The lowest BCUT2D eigenvalue weighted by molar-refractivity contribution is -0.113. The summed E-state index contributed by atoms with van der Waals surface area (Å²) in [5, 5.41) is 12.9. The third-order valence-electron chi connectivity index (χ3n) is 4.44. The van der Waals surface area contributed by atoms with E-state index in [0.29, 0.717) is 16.0 Å². The topological polar surface area (TPSA) is 72.7 Å². The first-order valence-corrected chi connectivity index (χ1v) is 10.6. The SMILES string of the molecule is Cc1c(Cl)cccc1-n1c(SCC(=O)Nc2ccccc2)nnc1-c1ccncc1. The van der Waals surface area contributed by atoms with Gasteiger partial charge in [0.1, 0.15) is 0 Å². The van der Waals surface area contributed by atoms with Crippen LogP contribution in [0.15, 0.2) is 78.2 Å². The highest BCUT2D eigenvalue weighted by molar-refractivity contribution is 7.99. The van der Waals surface area contributed by atoms with Crippen LogP contribution in [-0.4, -0.2) is 31.4 Å². The van der Waals surface area contributed by atoms with Crippen LogP contribution in [0.25, 0.3) is 17.1 Å². The molecule has 0 aliphatic rings. The molecule has 0 aliphatic heterocycles. The molecule has 0 aliphatic carbocycles. The Balaban J connectivity index is 1.65. The van der Waals surface area contributed by atoms with Crippen molar-refractivity contribution in [2.75, 3.05) is 11.1 Å². The zero-order valence-electron chi connectivity index (χ0n) is 16.1. The van der Waals surface area contributed by atoms with Crippen LogP contribution < -0.4 is 5.32 Å². The fourth-order valence-corrected chi connectivity index (χ4v) is 3.87. The summed E-state index contributed by atoms with van der Waals surface area (Å²) in [7, 11) is 0. The zero-order chi connectivity index (χ0) is 20.9. The Hall–Kier alpha value is -3.16. The number of hydrogen-bond acceptors (Lipinski definition) is 5. The van der Waals surface area contributed by atoms with Gasteiger partial charge < -0.3 is 5.32 Å². The number of halogens is 1. The minimum absolute atomic E-state index is 0.117. The molecule has 0 fully saturated rings. The van der Waals surface area contributed by atoms with Gasteiger partial charge in [0, 0.05) is 28.7 Å². The number of pyridine rings is 1. The van der Waals surface area contributed by atoms with Gasteiger partial charge in [-0.25, -0.2) is 0 Å². The molecule has 30 heavy (non-hydrogen) atoms. The van der Waals surface area contributed by atoms with E-state index in [-0.39, 0.29) is 11.7 Å². The summed E-state index contributed by atoms with van der Waals surface area (Å²) in [6.45, 7) is 1.95. The van der Waals surface area contributed by atoms with Gasteiger partial charge in [-0.2, -0.15) is 0 Å². The maximum Gasteiger partial charge on any atom is 0.234 e. The molecule has 2 aromatic heterocycles. The highest BCUT2D eigenvalue weighted by Crippen LogP contribution is 2.31. The number of nitrogens with zero attached hydrogens (tertiary/aromatic N) is 4. The van der Waals surface area contributed by atoms with Crippen LogP contribution in [0.5, 0.6) is 0 Å². The number of aromatic nitrogens is 4. The minimum atomic E-state index is -0.117. The number of para-hydroxylation sites is 1. The van der Waals surface area contributed by atoms with Gasteiger partial charge in [0.05, 0.1) is 11.4 Å². The lowest BCUT2D eigenvalue weighted by Crippen LogP contribution is -2.14. The van der Waals surface area contributed by atoms with Crippen LogP contribution in [-0.2, 0) is 4.79 Å². The molecule has 0 saturated carbocycles. The maximum absolute atomic E-state index is 12.4. The van der Waals surface area contributed by atoms with E-state index in [1.54, 1.807) is 12.4 Å². The lowest BCUT2D eigenvalue weighted by atomic mass is 10.2. The summed E-state index contributed by atoms with van der Waals surface area (Å²) in [5.74, 6) is 0.742. The average molecular weight is 436 g/mol. The van der Waals surface area contributed by atoms with E-state index in [2.05, 4.69) is 20.5 Å². The first-order chi connectivity index (χ1) is 14.6. The Morgan fingerprint density at radius 1 is 1.03 bits per heavy atom. The van der Waals surface area contributed by atoms with Crippen LogP contribution >= 0.6 is 23.4 Å². The van der Waals surface area contributed by atoms with Crippen LogP contribution in [0.2, 0.25) is 5.02 Å². The van der Waals surface area contributed by atoms with Gasteiger partial charge in [-0.1, -0.05) is 47.6 Å². The Labute approximate surface area is 183 Å². The number of thioether (sulfide) groups is 1. The van der Waals surface area contributed by atoms with Crippen molar-refractivity contribution in [3.8, 4) is 17.1 Å². The zero-order valence-corrected chi connectivity index (χ0v) is 17.7. The monoisotopic (exact) mass is 435 g/mol. The first kappa shape index (κ1) is 20.1. The summed E-state index contributed by atoms with van der Waals surface area (Å²) in [4.78, 5) is 16.5. The molecule has 0 spiro atoms. The van der Waals surface area contributed by atoms with E-state index in [1.165, 1.54) is 11.8 Å². The number of hydrogen-bond donors (Lipinski definition) is 1. The van der Waals surface area contributed by atoms with E-state index in [9.17, 15) is 4.79 Å². The molecule has 1 amide bonds. The molecule has 1 N–H and O–H groups in total. The van der Waals surface area contributed by atoms with Crippen LogP contribution in [0, 0.1) is 6.92 Å². The molecular formula is C22H18ClN5OS. The van der Waals surface area contributed by atoms with Crippen molar-refractivity contribution in [3.63, 3.8) is 0 Å². The largest absolute Gasteiger partial charge is 0.325 e. The molecule has 8 heteroatoms. The molecule has 0 atom stereocenters. The van der Waals surface area contributed by atoms with E-state index in [0.717, 1.165) is 22.5 Å². The van der Waals surface area contributed by atoms with Crippen LogP contribution in [0.3, 0.4) is 0 Å². The molecule has 2 heterocycles. The molecule has 150 valence electrons. The van der Waals surface area contributed by atoms with Gasteiger partial charge in [-0.15, -0.1) is 10.2 Å². The summed E-state index contributed by atoms with van der Waals surface area (Å²) < 4.78 is 1.93. The third kappa shape index (κ3) is 4.37. The molecule has 0 saturated heterocycles. The second kappa shape index (κ2) is 9.11. The van der Waals surface area contributed by atoms with Crippen molar-refractivity contribution in [1.29, 1.82) is 0 Å². The fraction of sp³-hybridized carbons (Fsp3) is 0.0909.